The molecule has 0 heterocycles. The molecule has 2 aromatic rings. The van der Waals surface area contributed by atoms with E-state index in [-0.39, 0.29) is 12.3 Å². The second kappa shape index (κ2) is 11.0. The van der Waals surface area contributed by atoms with E-state index < -0.39 is 30.1 Å². The van der Waals surface area contributed by atoms with Crippen LogP contribution < -0.4 is 10.6 Å². The largest absolute Gasteiger partial charge is 0.452 e. The van der Waals surface area contributed by atoms with E-state index in [9.17, 15) is 14.4 Å². The van der Waals surface area contributed by atoms with E-state index >= 15 is 0 Å². The van der Waals surface area contributed by atoms with Crippen LogP contribution in [0.3, 0.4) is 0 Å². The van der Waals surface area contributed by atoms with E-state index in [0.717, 1.165) is 0 Å². The van der Waals surface area contributed by atoms with Gasteiger partial charge in [-0.25, -0.2) is 0 Å². The second-order valence-electron chi connectivity index (χ2n) is 6.97. The zero-order valence-electron chi connectivity index (χ0n) is 16.9. The van der Waals surface area contributed by atoms with Crippen molar-refractivity contribution in [1.29, 1.82) is 0 Å². The van der Waals surface area contributed by atoms with Crippen LogP contribution in [0.5, 0.6) is 0 Å². The Hall–Kier alpha value is -2.57. The SMILES string of the molecule is CC(CC(=O)OC(C)C(=O)NC(C)c1ccc(Cl)cc1Cl)NC(=O)c1ccccc1. The lowest BCUT2D eigenvalue weighted by atomic mass is 10.1. The van der Waals surface area contributed by atoms with Gasteiger partial charge in [-0.3, -0.25) is 14.4 Å². The second-order valence-corrected chi connectivity index (χ2v) is 7.82. The summed E-state index contributed by atoms with van der Waals surface area (Å²) in [5.41, 5.74) is 1.20. The predicted molar refractivity (Wildman–Crippen MR) is 117 cm³/mol. The summed E-state index contributed by atoms with van der Waals surface area (Å²) in [6.07, 6.45) is -1.06. The molecule has 30 heavy (non-hydrogen) atoms. The summed E-state index contributed by atoms with van der Waals surface area (Å²) < 4.78 is 5.20. The van der Waals surface area contributed by atoms with Crippen molar-refractivity contribution in [2.45, 2.75) is 45.4 Å². The summed E-state index contributed by atoms with van der Waals surface area (Å²) in [5.74, 6) is -1.33. The third-order valence-electron chi connectivity index (χ3n) is 4.35. The van der Waals surface area contributed by atoms with Crippen LogP contribution in [0.4, 0.5) is 0 Å². The van der Waals surface area contributed by atoms with Crippen LogP contribution in [0.15, 0.2) is 48.5 Å². The molecule has 0 aliphatic heterocycles. The lowest BCUT2D eigenvalue weighted by Crippen LogP contribution is -2.39. The maximum atomic E-state index is 12.4. The first-order chi connectivity index (χ1) is 14.2. The Kier molecular flexibility index (Phi) is 8.69. The maximum absolute atomic E-state index is 12.4. The topological polar surface area (TPSA) is 84.5 Å². The van der Waals surface area contributed by atoms with E-state index in [1.807, 2.05) is 6.07 Å². The molecule has 0 bridgehead atoms. The Morgan fingerprint density at radius 1 is 0.967 bits per heavy atom. The van der Waals surface area contributed by atoms with Crippen LogP contribution >= 0.6 is 23.2 Å². The van der Waals surface area contributed by atoms with Crippen molar-refractivity contribution < 1.29 is 19.1 Å². The van der Waals surface area contributed by atoms with Gasteiger partial charge in [0.15, 0.2) is 6.10 Å². The fourth-order valence-electron chi connectivity index (χ4n) is 2.76. The van der Waals surface area contributed by atoms with Crippen LogP contribution in [-0.4, -0.2) is 29.9 Å². The highest BCUT2D eigenvalue weighted by Crippen LogP contribution is 2.26. The molecule has 0 spiro atoms. The highest BCUT2D eigenvalue weighted by molar-refractivity contribution is 6.35. The average Bonchev–Trinajstić information content (AvgIpc) is 2.68. The summed E-state index contributed by atoms with van der Waals surface area (Å²) in [4.78, 5) is 36.6. The van der Waals surface area contributed by atoms with Crippen molar-refractivity contribution in [1.82, 2.24) is 10.6 Å². The zero-order chi connectivity index (χ0) is 22.3. The minimum atomic E-state index is -0.997. The van der Waals surface area contributed by atoms with Gasteiger partial charge in [-0.1, -0.05) is 47.5 Å². The van der Waals surface area contributed by atoms with Gasteiger partial charge < -0.3 is 15.4 Å². The standard InChI is InChI=1S/C22H24Cl2N2O4/c1-13(25-22(29)16-7-5-4-6-8-16)11-20(27)30-15(3)21(28)26-14(2)18-10-9-17(23)12-19(18)24/h4-10,12-15H,11H2,1-3H3,(H,25,29)(H,26,28). The van der Waals surface area contributed by atoms with E-state index in [0.29, 0.717) is 21.2 Å². The molecule has 0 aliphatic rings. The molecular formula is C22H24Cl2N2O4. The first-order valence-electron chi connectivity index (χ1n) is 9.48. The number of nitrogens with one attached hydrogen (secondary N) is 2. The van der Waals surface area contributed by atoms with Crippen molar-refractivity contribution in [3.8, 4) is 0 Å². The van der Waals surface area contributed by atoms with E-state index in [4.69, 9.17) is 27.9 Å². The molecule has 2 aromatic carbocycles. The fourth-order valence-corrected chi connectivity index (χ4v) is 3.33. The highest BCUT2D eigenvalue weighted by Gasteiger charge is 2.22. The lowest BCUT2D eigenvalue weighted by molar-refractivity contribution is -0.155. The van der Waals surface area contributed by atoms with Gasteiger partial charge in [-0.15, -0.1) is 0 Å². The molecular weight excluding hydrogens is 427 g/mol. The summed E-state index contributed by atoms with van der Waals surface area (Å²) in [5, 5.41) is 6.41. The Morgan fingerprint density at radius 3 is 2.27 bits per heavy atom. The zero-order valence-corrected chi connectivity index (χ0v) is 18.5. The monoisotopic (exact) mass is 450 g/mol. The Balaban J connectivity index is 1.82. The van der Waals surface area contributed by atoms with Crippen molar-refractivity contribution >= 4 is 41.0 Å². The molecule has 2 rings (SSSR count). The molecule has 0 radical (unpaired) electrons. The number of carbonyl (C=O) groups excluding carboxylic acids is 3. The normalized spacial score (nSPS) is 13.6. The molecule has 8 heteroatoms. The Bertz CT molecular complexity index is 905. The molecule has 6 nitrogen and oxygen atoms in total. The van der Waals surface area contributed by atoms with Crippen molar-refractivity contribution in [2.24, 2.45) is 0 Å². The number of benzene rings is 2. The Labute approximate surface area is 185 Å². The number of amides is 2. The first-order valence-corrected chi connectivity index (χ1v) is 10.2. The number of halogens is 2. The molecule has 3 atom stereocenters. The van der Waals surface area contributed by atoms with Crippen molar-refractivity contribution in [3.63, 3.8) is 0 Å². The third kappa shape index (κ3) is 7.04. The van der Waals surface area contributed by atoms with E-state index in [1.54, 1.807) is 56.3 Å². The molecule has 0 aliphatic carbocycles. The van der Waals surface area contributed by atoms with Gasteiger partial charge in [0, 0.05) is 21.7 Å². The quantitative estimate of drug-likeness (QED) is 0.586. The third-order valence-corrected chi connectivity index (χ3v) is 4.91. The van der Waals surface area contributed by atoms with E-state index in [2.05, 4.69) is 10.6 Å². The number of esters is 1. The van der Waals surface area contributed by atoms with Gasteiger partial charge in [-0.05, 0) is 50.6 Å². The van der Waals surface area contributed by atoms with Gasteiger partial charge in [0.1, 0.15) is 0 Å². The van der Waals surface area contributed by atoms with E-state index in [1.165, 1.54) is 6.92 Å². The molecule has 0 aromatic heterocycles. The maximum Gasteiger partial charge on any atom is 0.308 e. The molecule has 0 saturated carbocycles. The molecule has 2 amide bonds. The van der Waals surface area contributed by atoms with Gasteiger partial charge in [0.05, 0.1) is 12.5 Å². The van der Waals surface area contributed by atoms with Crippen LogP contribution in [0.2, 0.25) is 10.0 Å². The van der Waals surface area contributed by atoms with Crippen LogP contribution in [-0.2, 0) is 14.3 Å². The minimum Gasteiger partial charge on any atom is -0.452 e. The van der Waals surface area contributed by atoms with Crippen LogP contribution in [0.25, 0.3) is 0 Å². The smallest absolute Gasteiger partial charge is 0.308 e. The lowest BCUT2D eigenvalue weighted by Gasteiger charge is -2.20. The van der Waals surface area contributed by atoms with Gasteiger partial charge in [0.25, 0.3) is 11.8 Å². The average molecular weight is 451 g/mol. The number of hydrogen-bond donors (Lipinski definition) is 2. The number of rotatable bonds is 8. The van der Waals surface area contributed by atoms with Crippen molar-refractivity contribution in [2.75, 3.05) is 0 Å². The predicted octanol–water partition coefficient (Wildman–Crippen LogP) is 4.31. The van der Waals surface area contributed by atoms with Crippen molar-refractivity contribution in [3.05, 3.63) is 69.7 Å². The molecule has 3 unspecified atom stereocenters. The minimum absolute atomic E-state index is 0.0608. The molecule has 160 valence electrons. The fraction of sp³-hybridized carbons (Fsp3) is 0.318. The van der Waals surface area contributed by atoms with Gasteiger partial charge in [0.2, 0.25) is 0 Å². The van der Waals surface area contributed by atoms with Crippen LogP contribution in [0, 0.1) is 0 Å². The van der Waals surface area contributed by atoms with Crippen LogP contribution in [0.1, 0.15) is 49.2 Å². The number of ether oxygens (including phenoxy) is 1. The van der Waals surface area contributed by atoms with Gasteiger partial charge >= 0.3 is 5.97 Å². The summed E-state index contributed by atoms with van der Waals surface area (Å²) in [6.45, 7) is 4.94. The first kappa shape index (κ1) is 23.7. The molecule has 0 saturated heterocycles. The summed E-state index contributed by atoms with van der Waals surface area (Å²) >= 11 is 12.0. The molecule has 0 fully saturated rings. The summed E-state index contributed by atoms with van der Waals surface area (Å²) in [7, 11) is 0. The Morgan fingerprint density at radius 2 is 1.63 bits per heavy atom. The van der Waals surface area contributed by atoms with Gasteiger partial charge in [-0.2, -0.15) is 0 Å². The number of hydrogen-bond acceptors (Lipinski definition) is 4. The number of carbonyl (C=O) groups is 3. The highest BCUT2D eigenvalue weighted by atomic mass is 35.5. The summed E-state index contributed by atoms with van der Waals surface area (Å²) in [6, 6.07) is 12.8. The molecule has 2 N–H and O–H groups in total.